The zero-order valence-corrected chi connectivity index (χ0v) is 12.6. The second kappa shape index (κ2) is 6.16. The molecule has 0 spiro atoms. The van der Waals surface area contributed by atoms with Crippen molar-refractivity contribution in [3.8, 4) is 0 Å². The van der Waals surface area contributed by atoms with Crippen LogP contribution in [0.15, 0.2) is 24.3 Å². The summed E-state index contributed by atoms with van der Waals surface area (Å²) in [6, 6.07) is 8.56. The van der Waals surface area contributed by atoms with Gasteiger partial charge in [0.1, 0.15) is 0 Å². The summed E-state index contributed by atoms with van der Waals surface area (Å²) < 4.78 is 0. The zero-order chi connectivity index (χ0) is 14.7. The van der Waals surface area contributed by atoms with Gasteiger partial charge in [0, 0.05) is 13.1 Å². The third-order valence-corrected chi connectivity index (χ3v) is 4.57. The van der Waals surface area contributed by atoms with E-state index in [1.54, 1.807) is 0 Å². The van der Waals surface area contributed by atoms with Gasteiger partial charge in [-0.3, -0.25) is 9.69 Å². The number of benzene rings is 1. The summed E-state index contributed by atoms with van der Waals surface area (Å²) in [5.74, 6) is -0.0140. The fraction of sp³-hybridized carbons (Fsp3) is 0.588. The molecule has 4 heteroatoms. The molecule has 0 atom stereocenters. The van der Waals surface area contributed by atoms with Crippen LogP contribution in [0.1, 0.15) is 43.2 Å². The van der Waals surface area contributed by atoms with Crippen molar-refractivity contribution in [3.05, 3.63) is 35.4 Å². The van der Waals surface area contributed by atoms with E-state index < -0.39 is 5.54 Å². The molecule has 2 fully saturated rings. The van der Waals surface area contributed by atoms with E-state index in [-0.39, 0.29) is 5.91 Å². The van der Waals surface area contributed by atoms with Gasteiger partial charge < -0.3 is 11.1 Å². The number of nitrogens with zero attached hydrogens (tertiary/aromatic N) is 1. The number of piperidine rings is 1. The molecule has 3 rings (SSSR count). The van der Waals surface area contributed by atoms with E-state index in [9.17, 15) is 4.79 Å². The molecule has 21 heavy (non-hydrogen) atoms. The van der Waals surface area contributed by atoms with Crippen LogP contribution in [-0.2, 0) is 17.9 Å². The number of rotatable bonds is 5. The molecule has 1 aliphatic carbocycles. The van der Waals surface area contributed by atoms with Crippen LogP contribution in [0.2, 0.25) is 0 Å². The maximum absolute atomic E-state index is 11.8. The van der Waals surface area contributed by atoms with Crippen LogP contribution in [0.3, 0.4) is 0 Å². The first kappa shape index (κ1) is 14.5. The molecule has 0 unspecified atom stereocenters. The van der Waals surface area contributed by atoms with Gasteiger partial charge in [-0.05, 0) is 49.9 Å². The predicted molar refractivity (Wildman–Crippen MR) is 83.6 cm³/mol. The van der Waals surface area contributed by atoms with Crippen molar-refractivity contribution in [2.75, 3.05) is 13.1 Å². The second-order valence-corrected chi connectivity index (χ2v) is 6.49. The third kappa shape index (κ3) is 3.83. The van der Waals surface area contributed by atoms with Crippen LogP contribution in [0.4, 0.5) is 0 Å². The lowest BCUT2D eigenvalue weighted by molar-refractivity contribution is -0.123. The molecule has 1 heterocycles. The van der Waals surface area contributed by atoms with Crippen molar-refractivity contribution in [1.82, 2.24) is 10.2 Å². The average Bonchev–Trinajstić information content (AvgIpc) is 3.26. The number of hydrogen-bond acceptors (Lipinski definition) is 3. The molecule has 4 nitrogen and oxygen atoms in total. The van der Waals surface area contributed by atoms with Gasteiger partial charge in [0.2, 0.25) is 5.91 Å². The highest BCUT2D eigenvalue weighted by molar-refractivity contribution is 5.88. The number of hydrogen-bond donors (Lipinski definition) is 2. The molecule has 114 valence electrons. The van der Waals surface area contributed by atoms with Crippen LogP contribution >= 0.6 is 0 Å². The molecule has 0 aromatic heterocycles. The monoisotopic (exact) mass is 287 g/mol. The topological polar surface area (TPSA) is 58.4 Å². The fourth-order valence-corrected chi connectivity index (χ4v) is 2.86. The Morgan fingerprint density at radius 1 is 1.10 bits per heavy atom. The van der Waals surface area contributed by atoms with Crippen LogP contribution in [0.25, 0.3) is 0 Å². The summed E-state index contributed by atoms with van der Waals surface area (Å²) >= 11 is 0. The van der Waals surface area contributed by atoms with Crippen LogP contribution < -0.4 is 11.1 Å². The molecular formula is C17H25N3O. The molecule has 1 aromatic rings. The Kier molecular flexibility index (Phi) is 4.27. The number of likely N-dealkylation sites (tertiary alicyclic amines) is 1. The number of amides is 1. The Labute approximate surface area is 126 Å². The minimum absolute atomic E-state index is 0.0140. The first-order valence-electron chi connectivity index (χ1n) is 8.03. The van der Waals surface area contributed by atoms with Gasteiger partial charge in [-0.25, -0.2) is 0 Å². The molecule has 0 bridgehead atoms. The Morgan fingerprint density at radius 3 is 2.33 bits per heavy atom. The normalized spacial score (nSPS) is 21.0. The van der Waals surface area contributed by atoms with Gasteiger partial charge in [0.15, 0.2) is 0 Å². The number of nitrogens with one attached hydrogen (secondary N) is 1. The minimum atomic E-state index is -0.575. The summed E-state index contributed by atoms with van der Waals surface area (Å²) in [5.41, 5.74) is 7.78. The largest absolute Gasteiger partial charge is 0.350 e. The van der Waals surface area contributed by atoms with E-state index >= 15 is 0 Å². The van der Waals surface area contributed by atoms with E-state index in [4.69, 9.17) is 5.73 Å². The maximum Gasteiger partial charge on any atom is 0.240 e. The summed E-state index contributed by atoms with van der Waals surface area (Å²) in [7, 11) is 0. The molecule has 1 aromatic carbocycles. The lowest BCUT2D eigenvalue weighted by atomic mass is 10.1. The summed E-state index contributed by atoms with van der Waals surface area (Å²) in [5, 5.41) is 2.93. The van der Waals surface area contributed by atoms with E-state index in [2.05, 4.69) is 34.5 Å². The van der Waals surface area contributed by atoms with Crippen molar-refractivity contribution in [2.45, 2.75) is 50.7 Å². The van der Waals surface area contributed by atoms with Gasteiger partial charge >= 0.3 is 0 Å². The fourth-order valence-electron chi connectivity index (χ4n) is 2.86. The Balaban J connectivity index is 1.48. The zero-order valence-electron chi connectivity index (χ0n) is 12.6. The van der Waals surface area contributed by atoms with Gasteiger partial charge in [0.05, 0.1) is 5.54 Å². The van der Waals surface area contributed by atoms with Gasteiger partial charge in [-0.2, -0.15) is 0 Å². The van der Waals surface area contributed by atoms with Crippen molar-refractivity contribution in [3.63, 3.8) is 0 Å². The first-order chi connectivity index (χ1) is 10.2. The Morgan fingerprint density at radius 2 is 1.71 bits per heavy atom. The molecule has 0 radical (unpaired) electrons. The minimum Gasteiger partial charge on any atom is -0.350 e. The number of nitrogens with two attached hydrogens (primary N) is 1. The second-order valence-electron chi connectivity index (χ2n) is 6.49. The molecule has 1 aliphatic heterocycles. The summed E-state index contributed by atoms with van der Waals surface area (Å²) in [6.07, 6.45) is 5.65. The first-order valence-corrected chi connectivity index (χ1v) is 8.03. The highest BCUT2D eigenvalue weighted by Crippen LogP contribution is 2.32. The van der Waals surface area contributed by atoms with Crippen LogP contribution in [0, 0.1) is 0 Å². The van der Waals surface area contributed by atoms with Crippen molar-refractivity contribution < 1.29 is 4.79 Å². The maximum atomic E-state index is 11.8. The smallest absolute Gasteiger partial charge is 0.240 e. The predicted octanol–water partition coefficient (Wildman–Crippen LogP) is 1.78. The molecule has 3 N–H and O–H groups in total. The molecule has 2 aliphatic rings. The van der Waals surface area contributed by atoms with Gasteiger partial charge in [0.25, 0.3) is 0 Å². The van der Waals surface area contributed by atoms with E-state index in [1.165, 1.54) is 37.9 Å². The summed E-state index contributed by atoms with van der Waals surface area (Å²) in [6.45, 7) is 4.05. The van der Waals surface area contributed by atoms with Gasteiger partial charge in [-0.15, -0.1) is 0 Å². The number of carbonyl (C=O) groups is 1. The quantitative estimate of drug-likeness (QED) is 0.868. The van der Waals surface area contributed by atoms with Crippen LogP contribution in [0.5, 0.6) is 0 Å². The molecule has 1 amide bonds. The standard InChI is InChI=1S/C17H25N3O/c18-17(8-9-17)16(21)19-12-14-4-6-15(7-5-14)13-20-10-2-1-3-11-20/h4-7H,1-3,8-13,18H2,(H,19,21). The summed E-state index contributed by atoms with van der Waals surface area (Å²) in [4.78, 5) is 14.3. The van der Waals surface area contributed by atoms with Crippen molar-refractivity contribution in [2.24, 2.45) is 5.73 Å². The highest BCUT2D eigenvalue weighted by Gasteiger charge is 2.45. The SMILES string of the molecule is NC1(C(=O)NCc2ccc(CN3CCCCC3)cc2)CC1. The number of carbonyl (C=O) groups excluding carboxylic acids is 1. The van der Waals surface area contributed by atoms with E-state index in [0.717, 1.165) is 24.9 Å². The lowest BCUT2D eigenvalue weighted by Crippen LogP contribution is -2.42. The van der Waals surface area contributed by atoms with E-state index in [1.807, 2.05) is 0 Å². The van der Waals surface area contributed by atoms with Crippen LogP contribution in [-0.4, -0.2) is 29.4 Å². The average molecular weight is 287 g/mol. The van der Waals surface area contributed by atoms with Gasteiger partial charge in [-0.1, -0.05) is 30.7 Å². The Bertz CT molecular complexity index is 487. The molecule has 1 saturated heterocycles. The third-order valence-electron chi connectivity index (χ3n) is 4.57. The van der Waals surface area contributed by atoms with Crippen molar-refractivity contribution in [1.29, 1.82) is 0 Å². The van der Waals surface area contributed by atoms with E-state index in [0.29, 0.717) is 6.54 Å². The van der Waals surface area contributed by atoms with Crippen molar-refractivity contribution >= 4 is 5.91 Å². The Hall–Kier alpha value is -1.39. The highest BCUT2D eigenvalue weighted by atomic mass is 16.2. The lowest BCUT2D eigenvalue weighted by Gasteiger charge is -2.26. The molecule has 1 saturated carbocycles. The molecular weight excluding hydrogens is 262 g/mol.